The van der Waals surface area contributed by atoms with Crippen LogP contribution in [0.25, 0.3) is 11.3 Å². The van der Waals surface area contributed by atoms with E-state index in [1.165, 1.54) is 0 Å². The Bertz CT molecular complexity index is 579. The van der Waals surface area contributed by atoms with Crippen LogP contribution >= 0.6 is 11.6 Å². The normalized spacial score (nSPS) is 15.8. The van der Waals surface area contributed by atoms with Gasteiger partial charge in [0.2, 0.25) is 5.95 Å². The van der Waals surface area contributed by atoms with Crippen molar-refractivity contribution in [1.29, 1.82) is 0 Å². The average Bonchev–Trinajstić information content (AvgIpc) is 2.86. The molecule has 0 aromatic carbocycles. The topological polar surface area (TPSA) is 56.1 Å². The summed E-state index contributed by atoms with van der Waals surface area (Å²) >= 11 is 6.09. The summed E-state index contributed by atoms with van der Waals surface area (Å²) in [6.07, 6.45) is 3.67. The Morgan fingerprint density at radius 3 is 2.74 bits per heavy atom. The highest BCUT2D eigenvalue weighted by Gasteiger charge is 2.16. The van der Waals surface area contributed by atoms with Crippen LogP contribution in [0.2, 0.25) is 5.15 Å². The SMILES string of the molecule is Cn1cc(-c2cc(Cl)nc(N3CCOCC3)n2)cn1. The molecule has 0 spiro atoms. The fourth-order valence-corrected chi connectivity index (χ4v) is 2.19. The predicted molar refractivity (Wildman–Crippen MR) is 72.3 cm³/mol. The van der Waals surface area contributed by atoms with E-state index in [0.717, 1.165) is 24.3 Å². The third-order valence-electron chi connectivity index (χ3n) is 2.98. The second-order valence-corrected chi connectivity index (χ2v) is 4.77. The van der Waals surface area contributed by atoms with Crippen LogP contribution in [0.15, 0.2) is 18.5 Å². The average molecular weight is 280 g/mol. The molecule has 19 heavy (non-hydrogen) atoms. The summed E-state index contributed by atoms with van der Waals surface area (Å²) in [4.78, 5) is 10.9. The number of hydrogen-bond acceptors (Lipinski definition) is 5. The van der Waals surface area contributed by atoms with Crippen molar-refractivity contribution in [2.75, 3.05) is 31.2 Å². The highest BCUT2D eigenvalue weighted by atomic mass is 35.5. The number of anilines is 1. The zero-order chi connectivity index (χ0) is 13.2. The fraction of sp³-hybridized carbons (Fsp3) is 0.417. The molecule has 2 aromatic rings. The van der Waals surface area contributed by atoms with E-state index in [-0.39, 0.29) is 0 Å². The summed E-state index contributed by atoms with van der Waals surface area (Å²) in [7, 11) is 1.87. The third-order valence-corrected chi connectivity index (χ3v) is 3.17. The Morgan fingerprint density at radius 1 is 1.26 bits per heavy atom. The van der Waals surface area contributed by atoms with Crippen LogP contribution in [-0.4, -0.2) is 46.1 Å². The van der Waals surface area contributed by atoms with Gasteiger partial charge in [-0.2, -0.15) is 5.10 Å². The largest absolute Gasteiger partial charge is 0.378 e. The lowest BCUT2D eigenvalue weighted by atomic mass is 10.2. The maximum Gasteiger partial charge on any atom is 0.227 e. The summed E-state index contributed by atoms with van der Waals surface area (Å²) in [5, 5.41) is 4.58. The number of morpholine rings is 1. The Labute approximate surface area is 116 Å². The first-order valence-corrected chi connectivity index (χ1v) is 6.46. The van der Waals surface area contributed by atoms with Crippen molar-refractivity contribution in [3.8, 4) is 11.3 Å². The number of aryl methyl sites for hydroxylation is 1. The van der Waals surface area contributed by atoms with Gasteiger partial charge in [0.15, 0.2) is 0 Å². The molecule has 0 amide bonds. The standard InChI is InChI=1S/C12H14ClN5O/c1-17-8-9(7-14-17)10-6-11(13)16-12(15-10)18-2-4-19-5-3-18/h6-8H,2-5H2,1H3. The van der Waals surface area contributed by atoms with E-state index in [1.807, 2.05) is 13.2 Å². The van der Waals surface area contributed by atoms with Crippen molar-refractivity contribution in [1.82, 2.24) is 19.7 Å². The van der Waals surface area contributed by atoms with Gasteiger partial charge in [-0.25, -0.2) is 9.97 Å². The molecule has 0 saturated carbocycles. The summed E-state index contributed by atoms with van der Waals surface area (Å²) in [5.74, 6) is 0.648. The van der Waals surface area contributed by atoms with Crippen molar-refractivity contribution >= 4 is 17.5 Å². The van der Waals surface area contributed by atoms with E-state index in [2.05, 4.69) is 20.0 Å². The van der Waals surface area contributed by atoms with Gasteiger partial charge < -0.3 is 9.64 Å². The Hall–Kier alpha value is -1.66. The molecule has 3 heterocycles. The van der Waals surface area contributed by atoms with E-state index >= 15 is 0 Å². The van der Waals surface area contributed by atoms with Crippen LogP contribution in [0.3, 0.4) is 0 Å². The molecule has 1 fully saturated rings. The second-order valence-electron chi connectivity index (χ2n) is 4.38. The van der Waals surface area contributed by atoms with Crippen LogP contribution < -0.4 is 4.90 Å². The molecule has 7 heteroatoms. The Kier molecular flexibility index (Phi) is 3.35. The minimum atomic E-state index is 0.440. The van der Waals surface area contributed by atoms with Crippen molar-refractivity contribution in [3.63, 3.8) is 0 Å². The van der Waals surface area contributed by atoms with Gasteiger partial charge >= 0.3 is 0 Å². The van der Waals surface area contributed by atoms with Gasteiger partial charge in [-0.15, -0.1) is 0 Å². The first-order valence-electron chi connectivity index (χ1n) is 6.09. The number of hydrogen-bond donors (Lipinski definition) is 0. The van der Waals surface area contributed by atoms with Gasteiger partial charge in [0.25, 0.3) is 0 Å². The number of aromatic nitrogens is 4. The fourth-order valence-electron chi connectivity index (χ4n) is 2.01. The first-order chi connectivity index (χ1) is 9.22. The van der Waals surface area contributed by atoms with Crippen molar-refractivity contribution in [2.45, 2.75) is 0 Å². The maximum atomic E-state index is 6.09. The van der Waals surface area contributed by atoms with E-state index in [4.69, 9.17) is 16.3 Å². The van der Waals surface area contributed by atoms with Gasteiger partial charge in [0.05, 0.1) is 25.1 Å². The summed E-state index contributed by atoms with van der Waals surface area (Å²) in [5.41, 5.74) is 1.72. The lowest BCUT2D eigenvalue weighted by molar-refractivity contribution is 0.122. The van der Waals surface area contributed by atoms with Crippen LogP contribution in [0, 0.1) is 0 Å². The zero-order valence-corrected chi connectivity index (χ0v) is 11.3. The van der Waals surface area contributed by atoms with Gasteiger partial charge in [-0.1, -0.05) is 11.6 Å². The van der Waals surface area contributed by atoms with Crippen molar-refractivity contribution < 1.29 is 4.74 Å². The molecule has 0 atom stereocenters. The Morgan fingerprint density at radius 2 is 2.05 bits per heavy atom. The highest BCUT2D eigenvalue weighted by Crippen LogP contribution is 2.22. The van der Waals surface area contributed by atoms with E-state index in [1.54, 1.807) is 16.9 Å². The minimum absolute atomic E-state index is 0.440. The van der Waals surface area contributed by atoms with Crippen LogP contribution in [0.5, 0.6) is 0 Å². The molecule has 0 aliphatic carbocycles. The minimum Gasteiger partial charge on any atom is -0.378 e. The lowest BCUT2D eigenvalue weighted by Crippen LogP contribution is -2.37. The smallest absolute Gasteiger partial charge is 0.227 e. The predicted octanol–water partition coefficient (Wildman–Crippen LogP) is 1.37. The Balaban J connectivity index is 1.95. The molecule has 100 valence electrons. The van der Waals surface area contributed by atoms with Crippen molar-refractivity contribution in [2.24, 2.45) is 7.05 Å². The van der Waals surface area contributed by atoms with Gasteiger partial charge in [0.1, 0.15) is 5.15 Å². The monoisotopic (exact) mass is 279 g/mol. The van der Waals surface area contributed by atoms with Gasteiger partial charge in [0, 0.05) is 38.0 Å². The molecular formula is C12H14ClN5O. The van der Waals surface area contributed by atoms with Crippen LogP contribution in [0.4, 0.5) is 5.95 Å². The van der Waals surface area contributed by atoms with E-state index in [0.29, 0.717) is 24.3 Å². The molecule has 0 N–H and O–H groups in total. The summed E-state index contributed by atoms with van der Waals surface area (Å²) < 4.78 is 7.06. The molecule has 1 aliphatic rings. The van der Waals surface area contributed by atoms with E-state index in [9.17, 15) is 0 Å². The van der Waals surface area contributed by atoms with E-state index < -0.39 is 0 Å². The van der Waals surface area contributed by atoms with Crippen LogP contribution in [0.1, 0.15) is 0 Å². The molecular weight excluding hydrogens is 266 g/mol. The maximum absolute atomic E-state index is 6.09. The highest BCUT2D eigenvalue weighted by molar-refractivity contribution is 6.29. The summed E-state index contributed by atoms with van der Waals surface area (Å²) in [6, 6.07) is 1.75. The van der Waals surface area contributed by atoms with Crippen molar-refractivity contribution in [3.05, 3.63) is 23.6 Å². The molecule has 0 radical (unpaired) electrons. The molecule has 0 unspecified atom stereocenters. The summed E-state index contributed by atoms with van der Waals surface area (Å²) in [6.45, 7) is 2.95. The molecule has 1 aliphatic heterocycles. The third kappa shape index (κ3) is 2.69. The number of halogens is 1. The molecule has 0 bridgehead atoms. The molecule has 2 aromatic heterocycles. The number of nitrogens with zero attached hydrogens (tertiary/aromatic N) is 5. The number of rotatable bonds is 2. The molecule has 1 saturated heterocycles. The van der Waals surface area contributed by atoms with Gasteiger partial charge in [-0.05, 0) is 0 Å². The second kappa shape index (κ2) is 5.14. The lowest BCUT2D eigenvalue weighted by Gasteiger charge is -2.26. The zero-order valence-electron chi connectivity index (χ0n) is 10.6. The first kappa shape index (κ1) is 12.4. The molecule has 6 nitrogen and oxygen atoms in total. The number of ether oxygens (including phenoxy) is 1. The van der Waals surface area contributed by atoms with Gasteiger partial charge in [-0.3, -0.25) is 4.68 Å². The van der Waals surface area contributed by atoms with Crippen LogP contribution in [-0.2, 0) is 11.8 Å². The molecule has 3 rings (SSSR count). The quantitative estimate of drug-likeness (QED) is 0.777.